The third-order valence-corrected chi connectivity index (χ3v) is 4.63. The molecule has 0 spiro atoms. The van der Waals surface area contributed by atoms with Crippen LogP contribution < -0.4 is 10.5 Å². The van der Waals surface area contributed by atoms with Crippen molar-refractivity contribution in [2.75, 3.05) is 13.2 Å². The van der Waals surface area contributed by atoms with Gasteiger partial charge in [-0.2, -0.15) is 0 Å². The molecule has 3 nitrogen and oxygen atoms in total. The highest BCUT2D eigenvalue weighted by atomic mass is 19.1. The van der Waals surface area contributed by atoms with Crippen LogP contribution in [0.3, 0.4) is 0 Å². The maximum Gasteiger partial charge on any atom is 0.123 e. The van der Waals surface area contributed by atoms with Crippen LogP contribution in [0.5, 0.6) is 5.75 Å². The molecule has 0 aromatic heterocycles. The van der Waals surface area contributed by atoms with Crippen molar-refractivity contribution in [3.63, 3.8) is 0 Å². The van der Waals surface area contributed by atoms with Gasteiger partial charge in [0, 0.05) is 30.6 Å². The number of hydrogen-bond acceptors (Lipinski definition) is 3. The number of fused-ring (bicyclic) bond motifs is 1. The first-order chi connectivity index (χ1) is 9.13. The Bertz CT molecular complexity index is 479. The fourth-order valence-electron chi connectivity index (χ4n) is 3.29. The second kappa shape index (κ2) is 4.76. The molecule has 1 aromatic carbocycles. The molecular weight excluding hydrogens is 245 g/mol. The van der Waals surface area contributed by atoms with Crippen LogP contribution in [0.2, 0.25) is 0 Å². The lowest BCUT2D eigenvalue weighted by Crippen LogP contribution is -2.40. The van der Waals surface area contributed by atoms with Crippen molar-refractivity contribution in [1.29, 1.82) is 0 Å². The van der Waals surface area contributed by atoms with E-state index in [2.05, 4.69) is 6.92 Å². The maximum atomic E-state index is 13.2. The van der Waals surface area contributed by atoms with Crippen LogP contribution >= 0.6 is 0 Å². The first-order valence-corrected chi connectivity index (χ1v) is 6.90. The molecule has 0 saturated carbocycles. The lowest BCUT2D eigenvalue weighted by Gasteiger charge is -2.32. The summed E-state index contributed by atoms with van der Waals surface area (Å²) in [6.45, 7) is 3.47. The normalized spacial score (nSPS) is 33.2. The van der Waals surface area contributed by atoms with Crippen molar-refractivity contribution in [1.82, 2.24) is 0 Å². The summed E-state index contributed by atoms with van der Waals surface area (Å²) in [7, 11) is 0. The molecule has 4 heteroatoms. The predicted octanol–water partition coefficient (Wildman–Crippen LogP) is 2.27. The van der Waals surface area contributed by atoms with E-state index in [4.69, 9.17) is 15.2 Å². The summed E-state index contributed by atoms with van der Waals surface area (Å²) in [5, 5.41) is 0. The molecule has 1 saturated heterocycles. The summed E-state index contributed by atoms with van der Waals surface area (Å²) >= 11 is 0. The van der Waals surface area contributed by atoms with Gasteiger partial charge in [0.25, 0.3) is 0 Å². The molecule has 3 atom stereocenters. The molecule has 104 valence electrons. The van der Waals surface area contributed by atoms with Gasteiger partial charge in [-0.05, 0) is 38.0 Å². The standard InChI is InChI=1S/C15H20FNO2/c1-10-15(9-17,4-5-18-10)8-13-7-11-6-12(16)2-3-14(11)19-13/h2-3,6,10,13H,4-5,7-9,17H2,1H3. The topological polar surface area (TPSA) is 44.5 Å². The fraction of sp³-hybridized carbons (Fsp3) is 0.600. The van der Waals surface area contributed by atoms with Gasteiger partial charge in [-0.15, -0.1) is 0 Å². The van der Waals surface area contributed by atoms with Gasteiger partial charge < -0.3 is 15.2 Å². The van der Waals surface area contributed by atoms with E-state index in [1.807, 2.05) is 0 Å². The van der Waals surface area contributed by atoms with Gasteiger partial charge in [-0.25, -0.2) is 4.39 Å². The van der Waals surface area contributed by atoms with Crippen LogP contribution in [-0.2, 0) is 11.2 Å². The van der Waals surface area contributed by atoms with Crippen molar-refractivity contribution < 1.29 is 13.9 Å². The van der Waals surface area contributed by atoms with Crippen molar-refractivity contribution in [3.8, 4) is 5.75 Å². The molecule has 0 aliphatic carbocycles. The smallest absolute Gasteiger partial charge is 0.123 e. The molecule has 2 aliphatic heterocycles. The Morgan fingerprint density at radius 2 is 2.32 bits per heavy atom. The van der Waals surface area contributed by atoms with Crippen LogP contribution in [0.25, 0.3) is 0 Å². The Kier molecular flexibility index (Phi) is 3.23. The summed E-state index contributed by atoms with van der Waals surface area (Å²) in [5.74, 6) is 0.610. The highest BCUT2D eigenvalue weighted by molar-refractivity contribution is 5.38. The van der Waals surface area contributed by atoms with Gasteiger partial charge >= 0.3 is 0 Å². The van der Waals surface area contributed by atoms with Gasteiger partial charge in [0.05, 0.1) is 6.10 Å². The Morgan fingerprint density at radius 3 is 3.00 bits per heavy atom. The number of rotatable bonds is 3. The number of halogens is 1. The molecule has 0 bridgehead atoms. The monoisotopic (exact) mass is 265 g/mol. The summed E-state index contributed by atoms with van der Waals surface area (Å²) in [6.07, 6.45) is 2.88. The second-order valence-electron chi connectivity index (χ2n) is 5.73. The van der Waals surface area contributed by atoms with Gasteiger partial charge in [0.1, 0.15) is 17.7 Å². The largest absolute Gasteiger partial charge is 0.490 e. The van der Waals surface area contributed by atoms with Crippen LogP contribution in [0.4, 0.5) is 4.39 Å². The molecule has 1 fully saturated rings. The third kappa shape index (κ3) is 2.23. The van der Waals surface area contributed by atoms with Gasteiger partial charge in [0.15, 0.2) is 0 Å². The average molecular weight is 265 g/mol. The molecule has 19 heavy (non-hydrogen) atoms. The third-order valence-electron chi connectivity index (χ3n) is 4.63. The van der Waals surface area contributed by atoms with E-state index in [1.54, 1.807) is 12.1 Å². The first-order valence-electron chi connectivity index (χ1n) is 6.90. The number of benzene rings is 1. The minimum atomic E-state index is -0.200. The second-order valence-corrected chi connectivity index (χ2v) is 5.73. The maximum absolute atomic E-state index is 13.2. The summed E-state index contributed by atoms with van der Waals surface area (Å²) in [6, 6.07) is 4.73. The summed E-state index contributed by atoms with van der Waals surface area (Å²) < 4.78 is 24.8. The van der Waals surface area contributed by atoms with Gasteiger partial charge in [-0.3, -0.25) is 0 Å². The van der Waals surface area contributed by atoms with Crippen LogP contribution in [0, 0.1) is 11.2 Å². The molecular formula is C15H20FNO2. The van der Waals surface area contributed by atoms with Gasteiger partial charge in [0.2, 0.25) is 0 Å². The molecule has 0 radical (unpaired) electrons. The molecule has 0 amide bonds. The Labute approximate surface area is 112 Å². The van der Waals surface area contributed by atoms with Crippen LogP contribution in [-0.4, -0.2) is 25.4 Å². The number of hydrogen-bond donors (Lipinski definition) is 1. The molecule has 2 aliphatic rings. The van der Waals surface area contributed by atoms with Gasteiger partial charge in [-0.1, -0.05) is 0 Å². The minimum Gasteiger partial charge on any atom is -0.490 e. The molecule has 2 N–H and O–H groups in total. The molecule has 3 unspecified atom stereocenters. The predicted molar refractivity (Wildman–Crippen MR) is 70.7 cm³/mol. The number of nitrogens with two attached hydrogens (primary N) is 1. The van der Waals surface area contributed by atoms with E-state index in [9.17, 15) is 4.39 Å². The van der Waals surface area contributed by atoms with E-state index in [1.165, 1.54) is 6.07 Å². The SMILES string of the molecule is CC1OCCC1(CN)CC1Cc2cc(F)ccc2O1. The lowest BCUT2D eigenvalue weighted by atomic mass is 9.76. The van der Waals surface area contributed by atoms with E-state index >= 15 is 0 Å². The zero-order chi connectivity index (χ0) is 13.5. The Hall–Kier alpha value is -1.13. The quantitative estimate of drug-likeness (QED) is 0.912. The summed E-state index contributed by atoms with van der Waals surface area (Å²) in [4.78, 5) is 0. The van der Waals surface area contributed by atoms with Crippen molar-refractivity contribution in [3.05, 3.63) is 29.6 Å². The lowest BCUT2D eigenvalue weighted by molar-refractivity contribution is 0.0416. The van der Waals surface area contributed by atoms with Crippen molar-refractivity contribution in [2.45, 2.75) is 38.4 Å². The molecule has 2 heterocycles. The zero-order valence-electron chi connectivity index (χ0n) is 11.2. The van der Waals surface area contributed by atoms with E-state index in [0.717, 1.165) is 37.2 Å². The molecule has 1 aromatic rings. The Balaban J connectivity index is 1.73. The Morgan fingerprint density at radius 1 is 1.47 bits per heavy atom. The highest BCUT2D eigenvalue weighted by Crippen LogP contribution is 2.42. The fourth-order valence-corrected chi connectivity index (χ4v) is 3.29. The van der Waals surface area contributed by atoms with Crippen LogP contribution in [0.15, 0.2) is 18.2 Å². The van der Waals surface area contributed by atoms with Crippen molar-refractivity contribution in [2.24, 2.45) is 11.1 Å². The average Bonchev–Trinajstić information content (AvgIpc) is 2.94. The van der Waals surface area contributed by atoms with Crippen molar-refractivity contribution >= 4 is 0 Å². The molecule has 3 rings (SSSR count). The zero-order valence-corrected chi connectivity index (χ0v) is 11.2. The first kappa shape index (κ1) is 12.9. The number of ether oxygens (including phenoxy) is 2. The van der Waals surface area contributed by atoms with Crippen LogP contribution in [0.1, 0.15) is 25.3 Å². The summed E-state index contributed by atoms with van der Waals surface area (Å²) in [5.41, 5.74) is 6.94. The minimum absolute atomic E-state index is 0.00521. The van der Waals surface area contributed by atoms with E-state index in [-0.39, 0.29) is 23.4 Å². The highest BCUT2D eigenvalue weighted by Gasteiger charge is 2.43. The van der Waals surface area contributed by atoms with E-state index < -0.39 is 0 Å². The van der Waals surface area contributed by atoms with E-state index in [0.29, 0.717) is 6.54 Å².